The Hall–Kier alpha value is -2.96. The van der Waals surface area contributed by atoms with Gasteiger partial charge in [0.05, 0.1) is 18.4 Å². The van der Waals surface area contributed by atoms with E-state index in [1.807, 2.05) is 36.5 Å². The molecule has 2 aliphatic rings. The average molecular weight is 366 g/mol. The van der Waals surface area contributed by atoms with Crippen LogP contribution < -0.4 is 5.32 Å². The molecule has 1 aromatic heterocycles. The number of likely N-dealkylation sites (tertiary alicyclic amines) is 1. The summed E-state index contributed by atoms with van der Waals surface area (Å²) in [5, 5.41) is 7.03. The summed E-state index contributed by atoms with van der Waals surface area (Å²) >= 11 is 0. The number of hydrogen-bond acceptors (Lipinski definition) is 4. The van der Waals surface area contributed by atoms with E-state index < -0.39 is 0 Å². The van der Waals surface area contributed by atoms with E-state index in [0.717, 1.165) is 36.1 Å². The summed E-state index contributed by atoms with van der Waals surface area (Å²) in [5.41, 5.74) is 1.57. The first-order valence-electron chi connectivity index (χ1n) is 9.34. The van der Waals surface area contributed by atoms with Crippen LogP contribution in [0.15, 0.2) is 42.7 Å². The lowest BCUT2D eigenvalue weighted by molar-refractivity contribution is -0.142. The van der Waals surface area contributed by atoms with E-state index >= 15 is 0 Å². The van der Waals surface area contributed by atoms with Crippen molar-refractivity contribution < 1.29 is 14.4 Å². The van der Waals surface area contributed by atoms with E-state index in [1.54, 1.807) is 10.9 Å². The highest BCUT2D eigenvalue weighted by Crippen LogP contribution is 2.37. The Morgan fingerprint density at radius 2 is 1.78 bits per heavy atom. The van der Waals surface area contributed by atoms with Gasteiger partial charge in [-0.05, 0) is 30.5 Å². The minimum absolute atomic E-state index is 0.190. The summed E-state index contributed by atoms with van der Waals surface area (Å²) in [4.78, 5) is 38.7. The van der Waals surface area contributed by atoms with E-state index in [9.17, 15) is 14.4 Å². The molecular formula is C20H22N4O3. The van der Waals surface area contributed by atoms with Gasteiger partial charge in [0.2, 0.25) is 17.7 Å². The van der Waals surface area contributed by atoms with Crippen LogP contribution in [-0.4, -0.2) is 38.9 Å². The molecule has 0 radical (unpaired) electrons. The van der Waals surface area contributed by atoms with Gasteiger partial charge in [-0.2, -0.15) is 5.10 Å². The Morgan fingerprint density at radius 1 is 1.07 bits per heavy atom. The number of nitrogens with one attached hydrogen (secondary N) is 1. The fourth-order valence-corrected chi connectivity index (χ4v) is 4.07. The highest BCUT2D eigenvalue weighted by atomic mass is 16.2. The van der Waals surface area contributed by atoms with Crippen LogP contribution in [0.4, 0.5) is 5.69 Å². The minimum Gasteiger partial charge on any atom is -0.324 e. The first kappa shape index (κ1) is 17.5. The number of hydrogen-bond donors (Lipinski definition) is 1. The number of aromatic nitrogens is 2. The number of amides is 3. The van der Waals surface area contributed by atoms with Gasteiger partial charge in [0.1, 0.15) is 6.54 Å². The number of benzene rings is 1. The largest absolute Gasteiger partial charge is 0.324 e. The second-order valence-corrected chi connectivity index (χ2v) is 7.17. The van der Waals surface area contributed by atoms with Crippen LogP contribution in [0.3, 0.4) is 0 Å². The monoisotopic (exact) mass is 366 g/mol. The van der Waals surface area contributed by atoms with Gasteiger partial charge in [-0.3, -0.25) is 24.0 Å². The SMILES string of the molecule is O=C(CN1C(=O)[C@H]2CCCC[C@H]2C1=O)Nc1ccccc1Cn1cccn1. The molecule has 1 aromatic carbocycles. The molecule has 0 unspecified atom stereocenters. The second kappa shape index (κ2) is 7.34. The molecule has 27 heavy (non-hydrogen) atoms. The van der Waals surface area contributed by atoms with E-state index in [1.165, 1.54) is 0 Å². The maximum Gasteiger partial charge on any atom is 0.244 e. The van der Waals surface area contributed by atoms with Crippen molar-refractivity contribution in [1.82, 2.24) is 14.7 Å². The van der Waals surface area contributed by atoms with E-state index in [-0.39, 0.29) is 36.1 Å². The highest BCUT2D eigenvalue weighted by molar-refractivity contribution is 6.08. The fourth-order valence-electron chi connectivity index (χ4n) is 4.07. The quantitative estimate of drug-likeness (QED) is 0.821. The molecule has 2 heterocycles. The van der Waals surface area contributed by atoms with E-state index in [2.05, 4.69) is 10.4 Å². The van der Waals surface area contributed by atoms with Crippen molar-refractivity contribution in [3.05, 3.63) is 48.3 Å². The number of rotatable bonds is 5. The lowest BCUT2D eigenvalue weighted by atomic mass is 9.81. The van der Waals surface area contributed by atoms with Crippen molar-refractivity contribution in [3.63, 3.8) is 0 Å². The van der Waals surface area contributed by atoms with E-state index in [0.29, 0.717) is 12.2 Å². The van der Waals surface area contributed by atoms with Gasteiger partial charge in [0.25, 0.3) is 0 Å². The van der Waals surface area contributed by atoms with Crippen molar-refractivity contribution in [2.24, 2.45) is 11.8 Å². The molecule has 2 fully saturated rings. The molecule has 140 valence electrons. The van der Waals surface area contributed by atoms with E-state index in [4.69, 9.17) is 0 Å². The molecule has 1 aliphatic heterocycles. The second-order valence-electron chi connectivity index (χ2n) is 7.17. The smallest absolute Gasteiger partial charge is 0.244 e. The molecular weight excluding hydrogens is 344 g/mol. The molecule has 0 bridgehead atoms. The molecule has 3 amide bonds. The highest BCUT2D eigenvalue weighted by Gasteiger charge is 2.48. The summed E-state index contributed by atoms with van der Waals surface area (Å²) in [6.45, 7) is 0.302. The molecule has 1 saturated carbocycles. The van der Waals surface area contributed by atoms with Crippen LogP contribution >= 0.6 is 0 Å². The number of carbonyl (C=O) groups excluding carboxylic acids is 3. The number of carbonyl (C=O) groups is 3. The van der Waals surface area contributed by atoms with Gasteiger partial charge < -0.3 is 5.32 Å². The van der Waals surface area contributed by atoms with Crippen LogP contribution in [0, 0.1) is 11.8 Å². The molecule has 2 atom stereocenters. The number of anilines is 1. The first-order valence-corrected chi connectivity index (χ1v) is 9.34. The predicted molar refractivity (Wildman–Crippen MR) is 98.6 cm³/mol. The first-order chi connectivity index (χ1) is 13.1. The maximum absolute atomic E-state index is 12.5. The van der Waals surface area contributed by atoms with Crippen molar-refractivity contribution in [1.29, 1.82) is 0 Å². The molecule has 1 N–H and O–H groups in total. The topological polar surface area (TPSA) is 84.3 Å². The third-order valence-corrected chi connectivity index (χ3v) is 5.42. The zero-order valence-corrected chi connectivity index (χ0v) is 15.0. The van der Waals surface area contributed by atoms with Gasteiger partial charge in [-0.25, -0.2) is 0 Å². The zero-order valence-electron chi connectivity index (χ0n) is 15.0. The molecule has 7 heteroatoms. The van der Waals surface area contributed by atoms with Crippen LogP contribution in [0.25, 0.3) is 0 Å². The summed E-state index contributed by atoms with van der Waals surface area (Å²) in [5.74, 6) is -1.20. The average Bonchev–Trinajstić information content (AvgIpc) is 3.27. The van der Waals surface area contributed by atoms with Crippen LogP contribution in [0.1, 0.15) is 31.2 Å². The number of nitrogens with zero attached hydrogens (tertiary/aromatic N) is 3. The molecule has 1 aliphatic carbocycles. The fraction of sp³-hybridized carbons (Fsp3) is 0.400. The van der Waals surface area contributed by atoms with Gasteiger partial charge in [0.15, 0.2) is 0 Å². The molecule has 1 saturated heterocycles. The summed E-state index contributed by atoms with van der Waals surface area (Å²) in [7, 11) is 0. The predicted octanol–water partition coefficient (Wildman–Crippen LogP) is 2.05. The minimum atomic E-state index is -0.358. The normalized spacial score (nSPS) is 22.0. The third kappa shape index (κ3) is 3.49. The Morgan fingerprint density at radius 3 is 2.44 bits per heavy atom. The number of para-hydroxylation sites is 1. The summed E-state index contributed by atoms with van der Waals surface area (Å²) in [6.07, 6.45) is 7.00. The molecule has 4 rings (SSSR count). The van der Waals surface area contributed by atoms with Crippen LogP contribution in [0.2, 0.25) is 0 Å². The van der Waals surface area contributed by atoms with Crippen molar-refractivity contribution in [3.8, 4) is 0 Å². The number of fused-ring (bicyclic) bond motifs is 1. The zero-order chi connectivity index (χ0) is 18.8. The Bertz CT molecular complexity index is 838. The standard InChI is InChI=1S/C20H22N4O3/c25-18(13-24-19(26)15-7-2-3-8-16(15)20(24)27)22-17-9-4-1-6-14(17)12-23-11-5-10-21-23/h1,4-6,9-11,15-16H,2-3,7-8,12-13H2,(H,22,25)/t15-,16+. The summed E-state index contributed by atoms with van der Waals surface area (Å²) < 4.78 is 1.77. The molecule has 7 nitrogen and oxygen atoms in total. The van der Waals surface area contributed by atoms with Gasteiger partial charge >= 0.3 is 0 Å². The van der Waals surface area contributed by atoms with Gasteiger partial charge in [-0.1, -0.05) is 31.0 Å². The Kier molecular flexibility index (Phi) is 4.75. The number of imide groups is 1. The molecule has 0 spiro atoms. The maximum atomic E-state index is 12.5. The van der Waals surface area contributed by atoms with Crippen molar-refractivity contribution in [2.75, 3.05) is 11.9 Å². The Balaban J connectivity index is 1.44. The van der Waals surface area contributed by atoms with Crippen LogP contribution in [0.5, 0.6) is 0 Å². The lowest BCUT2D eigenvalue weighted by Gasteiger charge is -2.19. The summed E-state index contributed by atoms with van der Waals surface area (Å²) in [6, 6.07) is 9.29. The van der Waals surface area contributed by atoms with Crippen molar-refractivity contribution >= 4 is 23.4 Å². The van der Waals surface area contributed by atoms with Crippen molar-refractivity contribution in [2.45, 2.75) is 32.2 Å². The van der Waals surface area contributed by atoms with Gasteiger partial charge in [0, 0.05) is 18.1 Å². The third-order valence-electron chi connectivity index (χ3n) is 5.42. The van der Waals surface area contributed by atoms with Gasteiger partial charge in [-0.15, -0.1) is 0 Å². The Labute approximate surface area is 157 Å². The molecule has 2 aromatic rings. The van der Waals surface area contributed by atoms with Crippen LogP contribution in [-0.2, 0) is 20.9 Å². The lowest BCUT2D eigenvalue weighted by Crippen LogP contribution is -2.38.